The minimum atomic E-state index is -2.40. The van der Waals surface area contributed by atoms with Gasteiger partial charge in [0.1, 0.15) is 11.9 Å². The second-order valence-electron chi connectivity index (χ2n) is 8.63. The molecule has 0 spiro atoms. The van der Waals surface area contributed by atoms with Crippen LogP contribution in [0, 0.1) is 4.78 Å². The zero-order valence-electron chi connectivity index (χ0n) is 18.9. The molecule has 0 saturated carbocycles. The van der Waals surface area contributed by atoms with Gasteiger partial charge in [-0.05, 0) is 50.1 Å². The van der Waals surface area contributed by atoms with E-state index < -0.39 is 9.73 Å². The predicted octanol–water partition coefficient (Wildman–Crippen LogP) is 6.15. The Morgan fingerprint density at radius 1 is 1.20 bits per heavy atom. The molecule has 11 heteroatoms. The van der Waals surface area contributed by atoms with E-state index in [-0.39, 0.29) is 12.1 Å². The zero-order valence-corrected chi connectivity index (χ0v) is 21.3. The molecule has 5 rings (SSSR count). The summed E-state index contributed by atoms with van der Waals surface area (Å²) in [5.41, 5.74) is 3.30. The monoisotopic (exact) mass is 530 g/mol. The Hall–Kier alpha value is -2.88. The van der Waals surface area contributed by atoms with Crippen molar-refractivity contribution in [2.24, 2.45) is 0 Å². The summed E-state index contributed by atoms with van der Waals surface area (Å²) in [5.74, 6) is 1.54. The highest BCUT2D eigenvalue weighted by atomic mass is 35.5. The first-order chi connectivity index (χ1) is 16.8. The van der Waals surface area contributed by atoms with Crippen molar-refractivity contribution in [2.75, 3.05) is 11.5 Å². The maximum atomic E-state index is 11.9. The molecule has 0 bridgehead atoms. The molecule has 0 aliphatic carbocycles. The molecule has 1 saturated heterocycles. The number of ether oxygens (including phenoxy) is 1. The van der Waals surface area contributed by atoms with Crippen LogP contribution in [0.5, 0.6) is 5.75 Å². The van der Waals surface area contributed by atoms with E-state index in [1.54, 1.807) is 18.6 Å². The van der Waals surface area contributed by atoms with Crippen LogP contribution in [-0.2, 0) is 9.73 Å². The van der Waals surface area contributed by atoms with Crippen LogP contribution in [0.15, 0.2) is 43.0 Å². The van der Waals surface area contributed by atoms with Gasteiger partial charge in [0.25, 0.3) is 0 Å². The van der Waals surface area contributed by atoms with E-state index in [0.717, 1.165) is 22.2 Å². The van der Waals surface area contributed by atoms with Gasteiger partial charge in [0.15, 0.2) is 0 Å². The van der Waals surface area contributed by atoms with Crippen molar-refractivity contribution >= 4 is 56.0 Å². The quantitative estimate of drug-likeness (QED) is 0.310. The molecule has 1 unspecified atom stereocenters. The van der Waals surface area contributed by atoms with Gasteiger partial charge in [0.2, 0.25) is 0 Å². The van der Waals surface area contributed by atoms with Crippen molar-refractivity contribution in [3.63, 3.8) is 0 Å². The number of hydrogen-bond acceptors (Lipinski definition) is 6. The lowest BCUT2D eigenvalue weighted by Crippen LogP contribution is -2.24. The molecule has 2 N–H and O–H groups in total. The number of H-pyrrole nitrogens is 1. The van der Waals surface area contributed by atoms with E-state index in [1.807, 2.05) is 48.2 Å². The second-order valence-corrected chi connectivity index (χ2v) is 11.9. The smallest absolute Gasteiger partial charge is 0.124 e. The molecule has 3 aromatic heterocycles. The predicted molar refractivity (Wildman–Crippen MR) is 139 cm³/mol. The van der Waals surface area contributed by atoms with Gasteiger partial charge in [-0.2, -0.15) is 10.2 Å². The maximum absolute atomic E-state index is 11.9. The average molecular weight is 531 g/mol. The number of nitrogens with zero attached hydrogens (tertiary/aromatic N) is 4. The van der Waals surface area contributed by atoms with Crippen LogP contribution < -0.4 is 4.74 Å². The fraction of sp³-hybridized carbons (Fsp3) is 0.292. The minimum Gasteiger partial charge on any atom is -0.486 e. The molecule has 1 fully saturated rings. The highest BCUT2D eigenvalue weighted by Gasteiger charge is 2.23. The summed E-state index contributed by atoms with van der Waals surface area (Å²) in [6.45, 7) is 1.89. The maximum Gasteiger partial charge on any atom is 0.124 e. The number of benzene rings is 1. The normalized spacial score (nSPS) is 21.5. The van der Waals surface area contributed by atoms with Crippen LogP contribution in [0.3, 0.4) is 0 Å². The summed E-state index contributed by atoms with van der Waals surface area (Å²) < 4.78 is 27.7. The minimum absolute atomic E-state index is 0.187. The van der Waals surface area contributed by atoms with Gasteiger partial charge >= 0.3 is 0 Å². The standard InChI is InChI=1S/C24H24Cl2N6O2S/c1-15(24-20(25)12-28-13-21(24)26)34-18-3-5-23-19(10-18)22(30-31-23)4-2-16-11-29-32(14-16)17-6-8-35(27,33)9-7-17/h2-5,10-15,17,27H,6-9H2,1H3,(H,30,31)/b4-2+. The second kappa shape index (κ2) is 9.64. The van der Waals surface area contributed by atoms with Crippen LogP contribution in [-0.4, -0.2) is 40.7 Å². The Labute approximate surface area is 213 Å². The number of nitrogens with one attached hydrogen (secondary N) is 2. The summed E-state index contributed by atoms with van der Waals surface area (Å²) in [6, 6.07) is 5.91. The number of hydrogen-bond donors (Lipinski definition) is 2. The van der Waals surface area contributed by atoms with Crippen LogP contribution in [0.2, 0.25) is 10.0 Å². The summed E-state index contributed by atoms with van der Waals surface area (Å²) in [6.07, 6.45) is 11.8. The van der Waals surface area contributed by atoms with Gasteiger partial charge in [0.05, 0.1) is 33.5 Å². The van der Waals surface area contributed by atoms with Gasteiger partial charge in [-0.15, -0.1) is 0 Å². The molecule has 0 radical (unpaired) electrons. The zero-order chi connectivity index (χ0) is 24.6. The van der Waals surface area contributed by atoms with Gasteiger partial charge in [-0.1, -0.05) is 23.2 Å². The van der Waals surface area contributed by atoms with Crippen molar-refractivity contribution in [3.8, 4) is 5.75 Å². The Morgan fingerprint density at radius 2 is 1.94 bits per heavy atom. The van der Waals surface area contributed by atoms with E-state index in [9.17, 15) is 4.21 Å². The van der Waals surface area contributed by atoms with Crippen LogP contribution in [0.25, 0.3) is 23.1 Å². The molecule has 182 valence electrons. The number of aromatic nitrogens is 5. The lowest BCUT2D eigenvalue weighted by atomic mass is 10.1. The van der Waals surface area contributed by atoms with E-state index in [4.69, 9.17) is 32.7 Å². The van der Waals surface area contributed by atoms with Gasteiger partial charge in [-0.25, -0.2) is 4.21 Å². The van der Waals surface area contributed by atoms with Crippen molar-refractivity contribution in [1.29, 1.82) is 4.78 Å². The molecule has 1 aliphatic heterocycles. The average Bonchev–Trinajstić information content (AvgIpc) is 3.44. The molecule has 8 nitrogen and oxygen atoms in total. The van der Waals surface area contributed by atoms with Gasteiger partial charge in [0, 0.05) is 56.3 Å². The third kappa shape index (κ3) is 5.22. The fourth-order valence-electron chi connectivity index (χ4n) is 4.26. The molecular weight excluding hydrogens is 507 g/mol. The highest BCUT2D eigenvalue weighted by Crippen LogP contribution is 2.33. The summed E-state index contributed by atoms with van der Waals surface area (Å²) in [7, 11) is -2.40. The molecule has 4 aromatic rings. The molecule has 1 aromatic carbocycles. The van der Waals surface area contributed by atoms with Crippen LogP contribution >= 0.6 is 23.2 Å². The van der Waals surface area contributed by atoms with Crippen molar-refractivity contribution < 1.29 is 8.95 Å². The Balaban J connectivity index is 1.33. The molecule has 1 atom stereocenters. The van der Waals surface area contributed by atoms with Crippen molar-refractivity contribution in [2.45, 2.75) is 31.9 Å². The highest BCUT2D eigenvalue weighted by molar-refractivity contribution is 7.92. The van der Waals surface area contributed by atoms with E-state index in [1.165, 1.54) is 0 Å². The van der Waals surface area contributed by atoms with Crippen LogP contribution in [0.1, 0.15) is 48.7 Å². The summed E-state index contributed by atoms with van der Waals surface area (Å²) in [5, 5.41) is 13.8. The molecular formula is C24H24Cl2N6O2S. The van der Waals surface area contributed by atoms with Gasteiger partial charge < -0.3 is 4.74 Å². The Bertz CT molecular complexity index is 1480. The van der Waals surface area contributed by atoms with Crippen LogP contribution in [0.4, 0.5) is 0 Å². The Kier molecular flexibility index (Phi) is 6.57. The molecule has 35 heavy (non-hydrogen) atoms. The molecule has 1 aliphatic rings. The van der Waals surface area contributed by atoms with Crippen molar-refractivity contribution in [3.05, 3.63) is 69.9 Å². The number of pyridine rings is 1. The number of aromatic amines is 1. The first kappa shape index (κ1) is 23.8. The Morgan fingerprint density at radius 3 is 2.69 bits per heavy atom. The number of fused-ring (bicyclic) bond motifs is 1. The summed E-state index contributed by atoms with van der Waals surface area (Å²) in [4.78, 5) is 3.99. The molecule has 0 amide bonds. The third-order valence-corrected chi connectivity index (χ3v) is 8.56. The lowest BCUT2D eigenvalue weighted by molar-refractivity contribution is 0.227. The lowest BCUT2D eigenvalue weighted by Gasteiger charge is -2.23. The summed E-state index contributed by atoms with van der Waals surface area (Å²) >= 11 is 12.6. The number of rotatable bonds is 6. The van der Waals surface area contributed by atoms with E-state index in [2.05, 4.69) is 20.3 Å². The van der Waals surface area contributed by atoms with Crippen molar-refractivity contribution in [1.82, 2.24) is 25.0 Å². The third-order valence-electron chi connectivity index (χ3n) is 6.16. The largest absolute Gasteiger partial charge is 0.486 e. The number of halogens is 2. The SMILES string of the molecule is CC(Oc1ccc2[nH]nc(/C=C/c3cnn(C4CCS(=N)(=O)CC4)c3)c2c1)c1c(Cl)cncc1Cl. The van der Waals surface area contributed by atoms with E-state index in [0.29, 0.717) is 45.7 Å². The first-order valence-corrected chi connectivity index (χ1v) is 13.8. The first-order valence-electron chi connectivity index (χ1n) is 11.2. The molecule has 4 heterocycles. The fourth-order valence-corrected chi connectivity index (χ4v) is 6.45. The topological polar surface area (TPSA) is 110 Å². The van der Waals surface area contributed by atoms with Gasteiger partial charge in [-0.3, -0.25) is 19.5 Å². The van der Waals surface area contributed by atoms with E-state index >= 15 is 0 Å².